The summed E-state index contributed by atoms with van der Waals surface area (Å²) in [5.41, 5.74) is 6.79. The van der Waals surface area contributed by atoms with Crippen LogP contribution in [0.4, 0.5) is 5.69 Å². The molecule has 0 bridgehead atoms. The van der Waals surface area contributed by atoms with Crippen molar-refractivity contribution in [3.8, 4) is 0 Å². The lowest BCUT2D eigenvalue weighted by molar-refractivity contribution is -0.121. The normalized spacial score (nSPS) is 15.2. The SMILES string of the molecule is CC(C)(N)CNC(=O)CCN1CCN(c2ccccc2)CC1.Cl.Cl. The molecule has 0 aliphatic carbocycles. The van der Waals surface area contributed by atoms with Crippen molar-refractivity contribution in [1.29, 1.82) is 0 Å². The van der Waals surface area contributed by atoms with E-state index in [1.54, 1.807) is 0 Å². The van der Waals surface area contributed by atoms with Crippen LogP contribution in [0.15, 0.2) is 30.3 Å². The van der Waals surface area contributed by atoms with Crippen molar-refractivity contribution in [2.24, 2.45) is 5.73 Å². The molecule has 0 unspecified atom stereocenters. The zero-order chi connectivity index (χ0) is 16.0. The summed E-state index contributed by atoms with van der Waals surface area (Å²) < 4.78 is 0. The van der Waals surface area contributed by atoms with Gasteiger partial charge in [0.05, 0.1) is 0 Å². The van der Waals surface area contributed by atoms with Gasteiger partial charge in [0.1, 0.15) is 0 Å². The molecule has 1 aliphatic rings. The number of nitrogens with zero attached hydrogens (tertiary/aromatic N) is 2. The molecule has 0 saturated carbocycles. The lowest BCUT2D eigenvalue weighted by Gasteiger charge is -2.36. The number of carbonyl (C=O) groups is 1. The average molecular weight is 377 g/mol. The number of rotatable bonds is 6. The van der Waals surface area contributed by atoms with Gasteiger partial charge >= 0.3 is 0 Å². The van der Waals surface area contributed by atoms with Gasteiger partial charge in [0.25, 0.3) is 0 Å². The molecule has 1 aliphatic heterocycles. The quantitative estimate of drug-likeness (QED) is 0.795. The predicted octanol–water partition coefficient (Wildman–Crippen LogP) is 1.90. The Hall–Kier alpha value is -1.01. The van der Waals surface area contributed by atoms with Crippen molar-refractivity contribution in [2.75, 3.05) is 44.2 Å². The highest BCUT2D eigenvalue weighted by molar-refractivity contribution is 5.85. The van der Waals surface area contributed by atoms with Gasteiger partial charge in [-0.3, -0.25) is 9.69 Å². The van der Waals surface area contributed by atoms with Gasteiger partial charge in [-0.25, -0.2) is 0 Å². The van der Waals surface area contributed by atoms with Crippen LogP contribution in [0.5, 0.6) is 0 Å². The van der Waals surface area contributed by atoms with Crippen molar-refractivity contribution >= 4 is 36.4 Å². The first-order chi connectivity index (χ1) is 10.4. The Bertz CT molecular complexity index is 471. The topological polar surface area (TPSA) is 61.6 Å². The predicted molar refractivity (Wildman–Crippen MR) is 105 cm³/mol. The molecule has 5 nitrogen and oxygen atoms in total. The Kier molecular flexibility index (Phi) is 10.3. The van der Waals surface area contributed by atoms with Gasteiger partial charge in [0, 0.05) is 56.9 Å². The summed E-state index contributed by atoms with van der Waals surface area (Å²) in [6, 6.07) is 10.5. The summed E-state index contributed by atoms with van der Waals surface area (Å²) in [5.74, 6) is 0.0870. The smallest absolute Gasteiger partial charge is 0.221 e. The lowest BCUT2D eigenvalue weighted by atomic mass is 10.1. The van der Waals surface area contributed by atoms with E-state index in [1.807, 2.05) is 19.9 Å². The molecule has 1 fully saturated rings. The Morgan fingerprint density at radius 3 is 2.25 bits per heavy atom. The summed E-state index contributed by atoms with van der Waals surface area (Å²) in [7, 11) is 0. The van der Waals surface area contributed by atoms with Crippen molar-refractivity contribution < 1.29 is 4.79 Å². The fourth-order valence-corrected chi connectivity index (χ4v) is 2.54. The van der Waals surface area contributed by atoms with Gasteiger partial charge in [0.2, 0.25) is 5.91 Å². The van der Waals surface area contributed by atoms with E-state index in [-0.39, 0.29) is 36.3 Å². The highest BCUT2D eigenvalue weighted by Gasteiger charge is 2.18. The van der Waals surface area contributed by atoms with E-state index in [0.717, 1.165) is 32.7 Å². The van der Waals surface area contributed by atoms with Crippen LogP contribution in [0.25, 0.3) is 0 Å². The van der Waals surface area contributed by atoms with Gasteiger partial charge < -0.3 is 16.0 Å². The van der Waals surface area contributed by atoms with Crippen LogP contribution in [0, 0.1) is 0 Å². The number of hydrogen-bond donors (Lipinski definition) is 2. The second kappa shape index (κ2) is 10.8. The molecular formula is C17H30Cl2N4O. The second-order valence-corrected chi connectivity index (χ2v) is 6.68. The minimum absolute atomic E-state index is 0. The van der Waals surface area contributed by atoms with Gasteiger partial charge in [-0.05, 0) is 26.0 Å². The minimum Gasteiger partial charge on any atom is -0.369 e. The van der Waals surface area contributed by atoms with Crippen LogP contribution in [0.1, 0.15) is 20.3 Å². The Labute approximate surface area is 157 Å². The molecule has 0 radical (unpaired) electrons. The van der Waals surface area contributed by atoms with E-state index in [1.165, 1.54) is 5.69 Å². The van der Waals surface area contributed by atoms with Crippen molar-refractivity contribution in [2.45, 2.75) is 25.8 Å². The summed E-state index contributed by atoms with van der Waals surface area (Å²) in [5, 5.41) is 2.90. The number of para-hydroxylation sites is 1. The molecule has 1 amide bonds. The van der Waals surface area contributed by atoms with E-state index in [4.69, 9.17) is 5.73 Å². The number of nitrogens with two attached hydrogens (primary N) is 1. The Morgan fingerprint density at radius 1 is 1.12 bits per heavy atom. The fraction of sp³-hybridized carbons (Fsp3) is 0.588. The third kappa shape index (κ3) is 8.20. The first kappa shape index (κ1) is 23.0. The van der Waals surface area contributed by atoms with E-state index >= 15 is 0 Å². The fourth-order valence-electron chi connectivity index (χ4n) is 2.54. The molecule has 1 heterocycles. The number of nitrogens with one attached hydrogen (secondary N) is 1. The third-order valence-electron chi connectivity index (χ3n) is 3.89. The second-order valence-electron chi connectivity index (χ2n) is 6.68. The number of amides is 1. The molecule has 0 spiro atoms. The molecule has 138 valence electrons. The van der Waals surface area contributed by atoms with Crippen LogP contribution < -0.4 is 16.0 Å². The third-order valence-corrected chi connectivity index (χ3v) is 3.89. The molecular weight excluding hydrogens is 347 g/mol. The van der Waals surface area contributed by atoms with Crippen LogP contribution in [0.3, 0.4) is 0 Å². The van der Waals surface area contributed by atoms with E-state index in [0.29, 0.717) is 13.0 Å². The maximum Gasteiger partial charge on any atom is 0.221 e. The first-order valence-electron chi connectivity index (χ1n) is 8.02. The van der Waals surface area contributed by atoms with Crippen molar-refractivity contribution in [3.63, 3.8) is 0 Å². The van der Waals surface area contributed by atoms with Gasteiger partial charge in [-0.15, -0.1) is 24.8 Å². The monoisotopic (exact) mass is 376 g/mol. The van der Waals surface area contributed by atoms with Crippen molar-refractivity contribution in [1.82, 2.24) is 10.2 Å². The maximum absolute atomic E-state index is 11.8. The van der Waals surface area contributed by atoms with Crippen LogP contribution in [-0.4, -0.2) is 55.6 Å². The number of carbonyl (C=O) groups excluding carboxylic acids is 1. The molecule has 3 N–H and O–H groups in total. The molecule has 1 aromatic carbocycles. The molecule has 2 rings (SSSR count). The maximum atomic E-state index is 11.8. The molecule has 7 heteroatoms. The molecule has 1 saturated heterocycles. The average Bonchev–Trinajstić information content (AvgIpc) is 2.51. The lowest BCUT2D eigenvalue weighted by Crippen LogP contribution is -2.48. The summed E-state index contributed by atoms with van der Waals surface area (Å²) in [6.45, 7) is 9.21. The van der Waals surface area contributed by atoms with E-state index < -0.39 is 0 Å². The molecule has 1 aromatic rings. The van der Waals surface area contributed by atoms with Gasteiger partial charge in [-0.1, -0.05) is 18.2 Å². The summed E-state index contributed by atoms with van der Waals surface area (Å²) >= 11 is 0. The number of anilines is 1. The van der Waals surface area contributed by atoms with Crippen LogP contribution in [0.2, 0.25) is 0 Å². The standard InChI is InChI=1S/C17H28N4O.2ClH/c1-17(2,18)14-19-16(22)8-9-20-10-12-21(13-11-20)15-6-4-3-5-7-15;;/h3-7H,8-14,18H2,1-2H3,(H,19,22);2*1H. The summed E-state index contributed by atoms with van der Waals surface area (Å²) in [6.07, 6.45) is 0.543. The van der Waals surface area contributed by atoms with Gasteiger partial charge in [0.15, 0.2) is 0 Å². The van der Waals surface area contributed by atoms with E-state index in [9.17, 15) is 4.79 Å². The molecule has 0 atom stereocenters. The van der Waals surface area contributed by atoms with Gasteiger partial charge in [-0.2, -0.15) is 0 Å². The van der Waals surface area contributed by atoms with E-state index in [2.05, 4.69) is 39.4 Å². The Morgan fingerprint density at radius 2 is 1.71 bits per heavy atom. The molecule has 0 aromatic heterocycles. The number of benzene rings is 1. The largest absolute Gasteiger partial charge is 0.369 e. The minimum atomic E-state index is -0.350. The zero-order valence-electron chi connectivity index (χ0n) is 14.5. The molecule has 24 heavy (non-hydrogen) atoms. The first-order valence-corrected chi connectivity index (χ1v) is 8.02. The number of halogens is 2. The highest BCUT2D eigenvalue weighted by Crippen LogP contribution is 2.15. The summed E-state index contributed by atoms with van der Waals surface area (Å²) in [4.78, 5) is 16.6. The van der Waals surface area contributed by atoms with Crippen LogP contribution in [-0.2, 0) is 4.79 Å². The van der Waals surface area contributed by atoms with Crippen LogP contribution >= 0.6 is 24.8 Å². The highest BCUT2D eigenvalue weighted by atomic mass is 35.5. The Balaban J connectivity index is 0.00000264. The number of hydrogen-bond acceptors (Lipinski definition) is 4. The zero-order valence-corrected chi connectivity index (χ0v) is 16.2. The van der Waals surface area contributed by atoms with Crippen molar-refractivity contribution in [3.05, 3.63) is 30.3 Å². The number of piperazine rings is 1.